The topological polar surface area (TPSA) is 84.2 Å². The van der Waals surface area contributed by atoms with Gasteiger partial charge in [0.05, 0.1) is 6.04 Å². The molecule has 0 spiro atoms. The molecule has 18 heavy (non-hydrogen) atoms. The minimum atomic E-state index is 0.0297. The van der Waals surface area contributed by atoms with Gasteiger partial charge in [-0.1, -0.05) is 11.6 Å². The van der Waals surface area contributed by atoms with Crippen LogP contribution in [-0.4, -0.2) is 38.1 Å². The molecular formula is C10H11ClN6O. The molecule has 3 heterocycles. The summed E-state index contributed by atoms with van der Waals surface area (Å²) in [6.45, 7) is 2.44. The molecule has 3 rings (SSSR count). The second kappa shape index (κ2) is 4.09. The Morgan fingerprint density at radius 1 is 1.61 bits per heavy atom. The summed E-state index contributed by atoms with van der Waals surface area (Å²) in [4.78, 5) is 19.3. The number of nitrogens with one attached hydrogen (secondary N) is 2. The van der Waals surface area contributed by atoms with E-state index in [0.29, 0.717) is 23.9 Å². The van der Waals surface area contributed by atoms with Crippen LogP contribution >= 0.6 is 11.6 Å². The Morgan fingerprint density at radius 2 is 2.44 bits per heavy atom. The number of fused-ring (bicyclic) bond motifs is 1. The average Bonchev–Trinajstić information content (AvgIpc) is 2.93. The van der Waals surface area contributed by atoms with E-state index in [9.17, 15) is 4.79 Å². The van der Waals surface area contributed by atoms with Crippen molar-refractivity contribution in [3.8, 4) is 0 Å². The molecule has 94 valence electrons. The van der Waals surface area contributed by atoms with Gasteiger partial charge >= 0.3 is 0 Å². The third kappa shape index (κ3) is 1.76. The molecule has 2 aromatic rings. The van der Waals surface area contributed by atoms with Crippen LogP contribution in [0.4, 0.5) is 5.82 Å². The van der Waals surface area contributed by atoms with Crippen molar-refractivity contribution in [2.75, 3.05) is 11.9 Å². The fourth-order valence-electron chi connectivity index (χ4n) is 1.97. The maximum atomic E-state index is 11.2. The first-order chi connectivity index (χ1) is 8.65. The van der Waals surface area contributed by atoms with Gasteiger partial charge in [0.1, 0.15) is 17.3 Å². The number of halogens is 1. The summed E-state index contributed by atoms with van der Waals surface area (Å²) in [5.74, 6) is 1.20. The van der Waals surface area contributed by atoms with Crippen LogP contribution in [0.25, 0.3) is 5.78 Å². The molecule has 2 N–H and O–H groups in total. The van der Waals surface area contributed by atoms with Gasteiger partial charge in [-0.05, 0) is 6.92 Å². The lowest BCUT2D eigenvalue weighted by Gasteiger charge is -2.15. The van der Waals surface area contributed by atoms with E-state index in [1.807, 2.05) is 6.92 Å². The Kier molecular flexibility index (Phi) is 2.55. The van der Waals surface area contributed by atoms with E-state index in [2.05, 4.69) is 25.7 Å². The molecule has 1 amide bonds. The van der Waals surface area contributed by atoms with Crippen molar-refractivity contribution in [2.45, 2.75) is 19.4 Å². The van der Waals surface area contributed by atoms with E-state index in [0.717, 1.165) is 11.4 Å². The third-order valence-corrected chi connectivity index (χ3v) is 3.29. The van der Waals surface area contributed by atoms with Crippen molar-refractivity contribution in [1.29, 1.82) is 0 Å². The summed E-state index contributed by atoms with van der Waals surface area (Å²) < 4.78 is 1.59. The van der Waals surface area contributed by atoms with Crippen molar-refractivity contribution in [3.05, 3.63) is 17.0 Å². The van der Waals surface area contributed by atoms with Crippen molar-refractivity contribution >= 4 is 29.1 Å². The van der Waals surface area contributed by atoms with Crippen molar-refractivity contribution < 1.29 is 4.79 Å². The maximum absolute atomic E-state index is 11.2. The number of carbonyl (C=O) groups excluding carboxylic acids is 1. The van der Waals surface area contributed by atoms with Crippen molar-refractivity contribution in [3.63, 3.8) is 0 Å². The van der Waals surface area contributed by atoms with Crippen LogP contribution in [0.15, 0.2) is 6.33 Å². The predicted molar refractivity (Wildman–Crippen MR) is 65.6 cm³/mol. The van der Waals surface area contributed by atoms with Crippen LogP contribution in [0, 0.1) is 6.92 Å². The number of anilines is 1. The number of nitrogens with zero attached hydrogens (tertiary/aromatic N) is 4. The van der Waals surface area contributed by atoms with E-state index in [-0.39, 0.29) is 11.9 Å². The van der Waals surface area contributed by atoms with Crippen LogP contribution in [-0.2, 0) is 4.79 Å². The molecule has 0 saturated carbocycles. The van der Waals surface area contributed by atoms with E-state index in [4.69, 9.17) is 11.6 Å². The molecule has 1 aliphatic heterocycles. The number of hydrogen-bond acceptors (Lipinski definition) is 5. The maximum Gasteiger partial charge on any atom is 0.255 e. The minimum Gasteiger partial charge on any atom is -0.365 e. The second-order valence-corrected chi connectivity index (χ2v) is 4.56. The summed E-state index contributed by atoms with van der Waals surface area (Å²) in [5, 5.41) is 10.5. The van der Waals surface area contributed by atoms with Gasteiger partial charge in [0, 0.05) is 18.5 Å². The first-order valence-corrected chi connectivity index (χ1v) is 5.92. The van der Waals surface area contributed by atoms with Crippen molar-refractivity contribution in [1.82, 2.24) is 24.9 Å². The standard InChI is InChI=1S/C10H11ClN6O/c1-5-8(11)16-10-13-4-14-17(10)9(5)15-6-2-7(18)12-3-6/h4,6,15H,2-3H2,1H3,(H,12,18). The van der Waals surface area contributed by atoms with Gasteiger partial charge in [-0.25, -0.2) is 0 Å². The summed E-state index contributed by atoms with van der Waals surface area (Å²) >= 11 is 6.05. The minimum absolute atomic E-state index is 0.0297. The van der Waals surface area contributed by atoms with Crippen molar-refractivity contribution in [2.24, 2.45) is 0 Å². The molecule has 1 atom stereocenters. The van der Waals surface area contributed by atoms with E-state index < -0.39 is 0 Å². The lowest BCUT2D eigenvalue weighted by Crippen LogP contribution is -2.24. The monoisotopic (exact) mass is 266 g/mol. The Balaban J connectivity index is 2.01. The molecule has 1 aliphatic rings. The zero-order valence-corrected chi connectivity index (χ0v) is 10.4. The predicted octanol–water partition coefficient (Wildman–Crippen LogP) is 0.387. The lowest BCUT2D eigenvalue weighted by atomic mass is 10.2. The highest BCUT2D eigenvalue weighted by Crippen LogP contribution is 2.23. The zero-order chi connectivity index (χ0) is 12.7. The molecule has 1 unspecified atom stereocenters. The molecule has 0 bridgehead atoms. The zero-order valence-electron chi connectivity index (χ0n) is 9.64. The van der Waals surface area contributed by atoms with Gasteiger partial charge < -0.3 is 10.6 Å². The molecule has 0 aromatic carbocycles. The number of hydrogen-bond donors (Lipinski definition) is 2. The number of amides is 1. The van der Waals surface area contributed by atoms with Gasteiger partial charge in [0.2, 0.25) is 5.91 Å². The van der Waals surface area contributed by atoms with Crippen LogP contribution < -0.4 is 10.6 Å². The van der Waals surface area contributed by atoms with E-state index >= 15 is 0 Å². The highest BCUT2D eigenvalue weighted by Gasteiger charge is 2.23. The third-order valence-electron chi connectivity index (χ3n) is 2.92. The molecule has 7 nitrogen and oxygen atoms in total. The van der Waals surface area contributed by atoms with Gasteiger partial charge in [-0.3, -0.25) is 4.79 Å². The lowest BCUT2D eigenvalue weighted by molar-refractivity contribution is -0.119. The number of aromatic nitrogens is 4. The van der Waals surface area contributed by atoms with Crippen LogP contribution in [0.5, 0.6) is 0 Å². The Labute approximate surface area is 108 Å². The quantitative estimate of drug-likeness (QED) is 0.768. The Hall–Kier alpha value is -1.89. The van der Waals surface area contributed by atoms with Gasteiger partial charge in [0.15, 0.2) is 0 Å². The van der Waals surface area contributed by atoms with E-state index in [1.165, 1.54) is 6.33 Å². The normalized spacial score (nSPS) is 19.2. The average molecular weight is 267 g/mol. The first-order valence-electron chi connectivity index (χ1n) is 5.54. The number of carbonyl (C=O) groups is 1. The molecule has 0 radical (unpaired) electrons. The molecule has 8 heteroatoms. The summed E-state index contributed by atoms with van der Waals surface area (Å²) in [6.07, 6.45) is 1.86. The van der Waals surface area contributed by atoms with Crippen LogP contribution in [0.3, 0.4) is 0 Å². The summed E-state index contributed by atoms with van der Waals surface area (Å²) in [5.41, 5.74) is 0.786. The SMILES string of the molecule is Cc1c(Cl)nc2ncnn2c1NC1CNC(=O)C1. The fourth-order valence-corrected chi connectivity index (χ4v) is 2.13. The second-order valence-electron chi connectivity index (χ2n) is 4.20. The smallest absolute Gasteiger partial charge is 0.255 e. The molecule has 1 fully saturated rings. The molecule has 0 aliphatic carbocycles. The number of rotatable bonds is 2. The Morgan fingerprint density at radius 3 is 3.17 bits per heavy atom. The van der Waals surface area contributed by atoms with Gasteiger partial charge in [-0.2, -0.15) is 19.6 Å². The van der Waals surface area contributed by atoms with Crippen LogP contribution in [0.1, 0.15) is 12.0 Å². The molecular weight excluding hydrogens is 256 g/mol. The first kappa shape index (κ1) is 11.2. The van der Waals surface area contributed by atoms with Gasteiger partial charge in [0.25, 0.3) is 5.78 Å². The highest BCUT2D eigenvalue weighted by molar-refractivity contribution is 6.30. The van der Waals surface area contributed by atoms with Crippen LogP contribution in [0.2, 0.25) is 5.15 Å². The Bertz CT molecular complexity index is 624. The van der Waals surface area contributed by atoms with Gasteiger partial charge in [-0.15, -0.1) is 0 Å². The largest absolute Gasteiger partial charge is 0.365 e. The summed E-state index contributed by atoms with van der Waals surface area (Å²) in [7, 11) is 0. The van der Waals surface area contributed by atoms with E-state index in [1.54, 1.807) is 4.52 Å². The molecule has 1 saturated heterocycles. The summed E-state index contributed by atoms with van der Waals surface area (Å²) in [6, 6.07) is 0.0297. The molecule has 2 aromatic heterocycles. The fraction of sp³-hybridized carbons (Fsp3) is 0.400. The highest BCUT2D eigenvalue weighted by atomic mass is 35.5.